The molecular weight excluding hydrogens is 181 g/mol. The lowest BCUT2D eigenvalue weighted by Gasteiger charge is -2.25. The van der Waals surface area contributed by atoms with Gasteiger partial charge in [0.15, 0.2) is 0 Å². The zero-order chi connectivity index (χ0) is 9.54. The van der Waals surface area contributed by atoms with Crippen LogP contribution in [0.1, 0.15) is 24.4 Å². The number of hydrogen-bond acceptors (Lipinski definition) is 2. The number of fused-ring (bicyclic) bond motifs is 3. The van der Waals surface area contributed by atoms with Gasteiger partial charge in [-0.05, 0) is 25.5 Å². The fourth-order valence-corrected chi connectivity index (χ4v) is 2.33. The third kappa shape index (κ3) is 1.12. The summed E-state index contributed by atoms with van der Waals surface area (Å²) < 4.78 is 18.6. The third-order valence-electron chi connectivity index (χ3n) is 2.99. The summed E-state index contributed by atoms with van der Waals surface area (Å²) in [5, 5.41) is 3.41. The van der Waals surface area contributed by atoms with Gasteiger partial charge in [-0.2, -0.15) is 0 Å². The average molecular weight is 193 g/mol. The van der Waals surface area contributed by atoms with Crippen molar-refractivity contribution in [3.8, 4) is 5.75 Å². The second-order valence-corrected chi connectivity index (χ2v) is 3.91. The van der Waals surface area contributed by atoms with Crippen LogP contribution in [0.5, 0.6) is 5.75 Å². The molecule has 2 heterocycles. The molecule has 0 unspecified atom stereocenters. The Kier molecular flexibility index (Phi) is 1.74. The van der Waals surface area contributed by atoms with Crippen molar-refractivity contribution in [2.45, 2.75) is 25.0 Å². The van der Waals surface area contributed by atoms with E-state index in [4.69, 9.17) is 4.74 Å². The Labute approximate surface area is 82.1 Å². The Morgan fingerprint density at radius 2 is 2.36 bits per heavy atom. The first kappa shape index (κ1) is 8.24. The molecule has 0 aromatic heterocycles. The summed E-state index contributed by atoms with van der Waals surface area (Å²) in [6.07, 6.45) is 2.41. The highest BCUT2D eigenvalue weighted by Crippen LogP contribution is 2.40. The molecular formula is C11H12FNO. The largest absolute Gasteiger partial charge is 0.488 e. The van der Waals surface area contributed by atoms with Crippen molar-refractivity contribution in [2.24, 2.45) is 0 Å². The van der Waals surface area contributed by atoms with Crippen LogP contribution in [0.2, 0.25) is 0 Å². The fourth-order valence-electron chi connectivity index (χ4n) is 2.33. The summed E-state index contributed by atoms with van der Waals surface area (Å²) in [7, 11) is 0. The Morgan fingerprint density at radius 1 is 1.43 bits per heavy atom. The number of hydrogen-bond donors (Lipinski definition) is 1. The fraction of sp³-hybridized carbons (Fsp3) is 0.455. The van der Waals surface area contributed by atoms with Crippen molar-refractivity contribution in [3.05, 3.63) is 29.6 Å². The first-order chi connectivity index (χ1) is 6.84. The first-order valence-corrected chi connectivity index (χ1v) is 5.04. The predicted octanol–water partition coefficient (Wildman–Crippen LogP) is 2.01. The van der Waals surface area contributed by atoms with Gasteiger partial charge in [-0.1, -0.05) is 6.07 Å². The maximum absolute atomic E-state index is 12.9. The van der Waals surface area contributed by atoms with E-state index in [0.717, 1.165) is 30.7 Å². The summed E-state index contributed by atoms with van der Waals surface area (Å²) >= 11 is 0. The van der Waals surface area contributed by atoms with E-state index in [2.05, 4.69) is 5.32 Å². The van der Waals surface area contributed by atoms with Gasteiger partial charge in [0, 0.05) is 11.6 Å². The minimum absolute atomic E-state index is 0.209. The lowest BCUT2D eigenvalue weighted by molar-refractivity contribution is 0.154. The lowest BCUT2D eigenvalue weighted by Crippen LogP contribution is -2.36. The minimum atomic E-state index is -0.220. The summed E-state index contributed by atoms with van der Waals surface area (Å²) in [6, 6.07) is 5.09. The van der Waals surface area contributed by atoms with Crippen molar-refractivity contribution >= 4 is 0 Å². The van der Waals surface area contributed by atoms with E-state index in [-0.39, 0.29) is 18.0 Å². The van der Waals surface area contributed by atoms with Crippen LogP contribution in [0.25, 0.3) is 0 Å². The van der Waals surface area contributed by atoms with Crippen LogP contribution >= 0.6 is 0 Å². The molecule has 74 valence electrons. The van der Waals surface area contributed by atoms with E-state index in [0.29, 0.717) is 0 Å². The number of piperidine rings is 1. The zero-order valence-corrected chi connectivity index (χ0v) is 7.79. The molecule has 2 aliphatic rings. The molecule has 0 aliphatic carbocycles. The molecule has 1 aromatic carbocycles. The van der Waals surface area contributed by atoms with E-state index in [1.807, 2.05) is 6.07 Å². The van der Waals surface area contributed by atoms with Crippen molar-refractivity contribution in [1.29, 1.82) is 0 Å². The Morgan fingerprint density at radius 3 is 3.29 bits per heavy atom. The van der Waals surface area contributed by atoms with Crippen LogP contribution in [-0.4, -0.2) is 12.6 Å². The Balaban J connectivity index is 2.01. The van der Waals surface area contributed by atoms with Gasteiger partial charge < -0.3 is 10.1 Å². The number of rotatable bonds is 0. The van der Waals surface area contributed by atoms with Gasteiger partial charge in [0.25, 0.3) is 0 Å². The SMILES string of the molecule is Fc1ccc2c(c1)O[C@H]1CCCN[C@@H]21. The molecule has 3 heteroatoms. The molecule has 14 heavy (non-hydrogen) atoms. The topological polar surface area (TPSA) is 21.3 Å². The maximum Gasteiger partial charge on any atom is 0.127 e. The van der Waals surface area contributed by atoms with Gasteiger partial charge in [-0.3, -0.25) is 0 Å². The van der Waals surface area contributed by atoms with Crippen LogP contribution < -0.4 is 10.1 Å². The molecule has 1 saturated heterocycles. The number of benzene rings is 1. The monoisotopic (exact) mass is 193 g/mol. The standard InChI is InChI=1S/C11H12FNO/c12-7-3-4-8-10(6-7)14-9-2-1-5-13-11(8)9/h3-4,6,9,11,13H,1-2,5H2/t9-,11-/m0/s1. The molecule has 1 aromatic rings. The number of halogens is 1. The summed E-state index contributed by atoms with van der Waals surface area (Å²) in [5.41, 5.74) is 1.11. The molecule has 0 spiro atoms. The maximum atomic E-state index is 12.9. The number of ether oxygens (including phenoxy) is 1. The Hall–Kier alpha value is -1.09. The van der Waals surface area contributed by atoms with Gasteiger partial charge in [-0.25, -0.2) is 4.39 Å². The van der Waals surface area contributed by atoms with Crippen LogP contribution in [0.4, 0.5) is 4.39 Å². The quantitative estimate of drug-likeness (QED) is 0.680. The molecule has 0 bridgehead atoms. The molecule has 1 fully saturated rings. The normalized spacial score (nSPS) is 29.2. The van der Waals surface area contributed by atoms with Crippen LogP contribution in [0.15, 0.2) is 18.2 Å². The average Bonchev–Trinajstić information content (AvgIpc) is 2.54. The highest BCUT2D eigenvalue weighted by atomic mass is 19.1. The van der Waals surface area contributed by atoms with Gasteiger partial charge in [0.1, 0.15) is 17.7 Å². The molecule has 2 atom stereocenters. The van der Waals surface area contributed by atoms with Crippen molar-refractivity contribution in [2.75, 3.05) is 6.54 Å². The molecule has 1 N–H and O–H groups in total. The van der Waals surface area contributed by atoms with Crippen molar-refractivity contribution < 1.29 is 9.13 Å². The lowest BCUT2D eigenvalue weighted by atomic mass is 9.97. The van der Waals surface area contributed by atoms with Gasteiger partial charge in [-0.15, -0.1) is 0 Å². The molecule has 2 nitrogen and oxygen atoms in total. The summed E-state index contributed by atoms with van der Waals surface area (Å²) in [4.78, 5) is 0. The molecule has 0 radical (unpaired) electrons. The van der Waals surface area contributed by atoms with Crippen molar-refractivity contribution in [3.63, 3.8) is 0 Å². The highest BCUT2D eigenvalue weighted by Gasteiger charge is 2.35. The molecule has 0 amide bonds. The molecule has 2 aliphatic heterocycles. The minimum Gasteiger partial charge on any atom is -0.488 e. The highest BCUT2D eigenvalue weighted by molar-refractivity contribution is 5.41. The van der Waals surface area contributed by atoms with E-state index in [9.17, 15) is 4.39 Å². The summed E-state index contributed by atoms with van der Waals surface area (Å²) in [5.74, 6) is 0.497. The van der Waals surface area contributed by atoms with E-state index in [1.165, 1.54) is 12.1 Å². The van der Waals surface area contributed by atoms with E-state index in [1.54, 1.807) is 0 Å². The zero-order valence-electron chi connectivity index (χ0n) is 7.79. The van der Waals surface area contributed by atoms with Crippen LogP contribution in [-0.2, 0) is 0 Å². The second-order valence-electron chi connectivity index (χ2n) is 3.91. The van der Waals surface area contributed by atoms with Crippen molar-refractivity contribution in [1.82, 2.24) is 5.32 Å². The molecule has 0 saturated carbocycles. The van der Waals surface area contributed by atoms with Gasteiger partial charge in [0.2, 0.25) is 0 Å². The van der Waals surface area contributed by atoms with E-state index >= 15 is 0 Å². The van der Waals surface area contributed by atoms with Gasteiger partial charge >= 0.3 is 0 Å². The second kappa shape index (κ2) is 2.95. The predicted molar refractivity (Wildman–Crippen MR) is 50.8 cm³/mol. The van der Waals surface area contributed by atoms with Gasteiger partial charge in [0.05, 0.1) is 6.04 Å². The third-order valence-corrected chi connectivity index (χ3v) is 2.99. The smallest absolute Gasteiger partial charge is 0.127 e. The van der Waals surface area contributed by atoms with Crippen LogP contribution in [0.3, 0.4) is 0 Å². The molecule has 3 rings (SSSR count). The van der Waals surface area contributed by atoms with E-state index < -0.39 is 0 Å². The first-order valence-electron chi connectivity index (χ1n) is 5.04. The van der Waals surface area contributed by atoms with Crippen LogP contribution in [0, 0.1) is 5.82 Å². The number of nitrogens with one attached hydrogen (secondary N) is 1. The summed E-state index contributed by atoms with van der Waals surface area (Å²) in [6.45, 7) is 1.03. The Bertz CT molecular complexity index is 366.